The van der Waals surface area contributed by atoms with Gasteiger partial charge in [-0.05, 0) is 56.5 Å². The van der Waals surface area contributed by atoms with E-state index in [1.54, 1.807) is 7.11 Å². The molecule has 2 heterocycles. The van der Waals surface area contributed by atoms with Crippen molar-refractivity contribution in [1.82, 2.24) is 10.3 Å². The van der Waals surface area contributed by atoms with Crippen molar-refractivity contribution < 1.29 is 14.3 Å². The van der Waals surface area contributed by atoms with E-state index in [1.807, 2.05) is 50.2 Å². The summed E-state index contributed by atoms with van der Waals surface area (Å²) < 4.78 is 11.0. The molecular formula is C24H26N2O3. The summed E-state index contributed by atoms with van der Waals surface area (Å²) >= 11 is 0. The molecule has 1 aliphatic rings. The minimum Gasteiger partial charge on any atom is -0.497 e. The summed E-state index contributed by atoms with van der Waals surface area (Å²) in [7, 11) is 1.64. The molecule has 1 fully saturated rings. The van der Waals surface area contributed by atoms with Crippen LogP contribution in [0.3, 0.4) is 0 Å². The van der Waals surface area contributed by atoms with Crippen LogP contribution in [-0.4, -0.2) is 37.3 Å². The number of carbonyl (C=O) groups excluding carboxylic acids is 1. The third-order valence-electron chi connectivity index (χ3n) is 5.37. The molecule has 3 aromatic rings. The van der Waals surface area contributed by atoms with Crippen LogP contribution >= 0.6 is 0 Å². The minimum atomic E-state index is -0.0953. The number of amides is 1. The predicted octanol–water partition coefficient (Wildman–Crippen LogP) is 4.44. The van der Waals surface area contributed by atoms with Gasteiger partial charge >= 0.3 is 0 Å². The molecule has 5 nitrogen and oxygen atoms in total. The Kier molecular flexibility index (Phi) is 5.49. The van der Waals surface area contributed by atoms with E-state index in [-0.39, 0.29) is 12.0 Å². The van der Waals surface area contributed by atoms with Crippen molar-refractivity contribution >= 4 is 16.8 Å². The van der Waals surface area contributed by atoms with Gasteiger partial charge < -0.3 is 14.8 Å². The van der Waals surface area contributed by atoms with Gasteiger partial charge in [-0.15, -0.1) is 0 Å². The lowest BCUT2D eigenvalue weighted by Gasteiger charge is -2.15. The zero-order valence-electron chi connectivity index (χ0n) is 17.1. The molecule has 0 radical (unpaired) electrons. The molecule has 1 amide bonds. The van der Waals surface area contributed by atoms with E-state index in [9.17, 15) is 4.79 Å². The van der Waals surface area contributed by atoms with Crippen molar-refractivity contribution in [2.45, 2.75) is 32.8 Å². The number of nitrogens with one attached hydrogen (secondary N) is 1. The number of aryl methyl sites for hydroxylation is 2. The van der Waals surface area contributed by atoms with E-state index in [1.165, 1.54) is 0 Å². The van der Waals surface area contributed by atoms with Gasteiger partial charge in [0.2, 0.25) is 0 Å². The van der Waals surface area contributed by atoms with Crippen molar-refractivity contribution in [1.29, 1.82) is 0 Å². The minimum absolute atomic E-state index is 0.0953. The second-order valence-electron chi connectivity index (χ2n) is 7.61. The van der Waals surface area contributed by atoms with Gasteiger partial charge in [-0.25, -0.2) is 4.98 Å². The lowest BCUT2D eigenvalue weighted by atomic mass is 9.99. The maximum absolute atomic E-state index is 13.1. The standard InChI is InChI=1S/C24H26N2O3/c1-15-10-16(2)23-20(11-15)21(24(27)25-14-19-8-5-9-29-19)13-22(26-23)17-6-4-7-18(12-17)28-3/h4,6-7,10-13,19H,5,8-9,14H2,1-3H3,(H,25,27)/t19-/m1/s1. The Morgan fingerprint density at radius 1 is 1.24 bits per heavy atom. The van der Waals surface area contributed by atoms with Crippen molar-refractivity contribution in [3.8, 4) is 17.0 Å². The van der Waals surface area contributed by atoms with E-state index in [0.717, 1.165) is 58.5 Å². The monoisotopic (exact) mass is 390 g/mol. The molecular weight excluding hydrogens is 364 g/mol. The van der Waals surface area contributed by atoms with Crippen LogP contribution in [0.1, 0.15) is 34.3 Å². The number of methoxy groups -OCH3 is 1. The normalized spacial score (nSPS) is 16.2. The average Bonchev–Trinajstić information content (AvgIpc) is 3.25. The quantitative estimate of drug-likeness (QED) is 0.700. The van der Waals surface area contributed by atoms with Crippen molar-refractivity contribution in [3.05, 3.63) is 59.2 Å². The highest BCUT2D eigenvalue weighted by molar-refractivity contribution is 6.08. The van der Waals surface area contributed by atoms with Gasteiger partial charge in [0.15, 0.2) is 0 Å². The van der Waals surface area contributed by atoms with Crippen LogP contribution in [0.2, 0.25) is 0 Å². The molecule has 4 rings (SSSR count). The summed E-state index contributed by atoms with van der Waals surface area (Å²) in [4.78, 5) is 18.0. The molecule has 1 aromatic heterocycles. The number of rotatable bonds is 5. The zero-order valence-corrected chi connectivity index (χ0v) is 17.1. The van der Waals surface area contributed by atoms with Gasteiger partial charge in [-0.2, -0.15) is 0 Å². The molecule has 1 atom stereocenters. The first-order valence-electron chi connectivity index (χ1n) is 10.0. The van der Waals surface area contributed by atoms with Gasteiger partial charge in [0.1, 0.15) is 5.75 Å². The predicted molar refractivity (Wildman–Crippen MR) is 115 cm³/mol. The number of ether oxygens (including phenoxy) is 2. The zero-order chi connectivity index (χ0) is 20.4. The van der Waals surface area contributed by atoms with Gasteiger partial charge in [0, 0.05) is 24.1 Å². The summed E-state index contributed by atoms with van der Waals surface area (Å²) in [5.74, 6) is 0.663. The Hall–Kier alpha value is -2.92. The fourth-order valence-corrected chi connectivity index (χ4v) is 3.91. The summed E-state index contributed by atoms with van der Waals surface area (Å²) in [6.07, 6.45) is 2.15. The number of aromatic nitrogens is 1. The summed E-state index contributed by atoms with van der Waals surface area (Å²) in [5, 5.41) is 3.93. The summed E-state index contributed by atoms with van der Waals surface area (Å²) in [6.45, 7) is 5.38. The number of nitrogens with zero attached hydrogens (tertiary/aromatic N) is 1. The van der Waals surface area contributed by atoms with E-state index >= 15 is 0 Å². The van der Waals surface area contributed by atoms with Crippen molar-refractivity contribution in [2.75, 3.05) is 20.3 Å². The van der Waals surface area contributed by atoms with Gasteiger partial charge in [0.05, 0.1) is 30.0 Å². The Labute approximate surface area is 171 Å². The molecule has 2 aromatic carbocycles. The largest absolute Gasteiger partial charge is 0.497 e. The molecule has 0 spiro atoms. The molecule has 5 heteroatoms. The molecule has 1 aliphatic heterocycles. The lowest BCUT2D eigenvalue weighted by Crippen LogP contribution is -2.32. The topological polar surface area (TPSA) is 60.5 Å². The van der Waals surface area contributed by atoms with Crippen molar-refractivity contribution in [3.63, 3.8) is 0 Å². The van der Waals surface area contributed by atoms with Crippen molar-refractivity contribution in [2.24, 2.45) is 0 Å². The number of carbonyl (C=O) groups is 1. The first-order chi connectivity index (χ1) is 14.0. The first kappa shape index (κ1) is 19.4. The fraction of sp³-hybridized carbons (Fsp3) is 0.333. The molecule has 150 valence electrons. The smallest absolute Gasteiger partial charge is 0.252 e. The van der Waals surface area contributed by atoms with Crippen LogP contribution in [-0.2, 0) is 4.74 Å². The van der Waals surface area contributed by atoms with Crippen LogP contribution in [0.15, 0.2) is 42.5 Å². The van der Waals surface area contributed by atoms with Gasteiger partial charge in [0.25, 0.3) is 5.91 Å². The lowest BCUT2D eigenvalue weighted by molar-refractivity contribution is 0.0859. The molecule has 0 unspecified atom stereocenters. The van der Waals surface area contributed by atoms with Crippen LogP contribution in [0.4, 0.5) is 0 Å². The summed E-state index contributed by atoms with van der Waals surface area (Å²) in [6, 6.07) is 13.7. The molecule has 0 aliphatic carbocycles. The van der Waals surface area contributed by atoms with E-state index in [2.05, 4.69) is 11.4 Å². The number of fused-ring (bicyclic) bond motifs is 1. The highest BCUT2D eigenvalue weighted by Gasteiger charge is 2.19. The van der Waals surface area contributed by atoms with Gasteiger partial charge in [-0.3, -0.25) is 4.79 Å². The molecule has 1 saturated heterocycles. The fourth-order valence-electron chi connectivity index (χ4n) is 3.91. The third kappa shape index (κ3) is 4.10. The third-order valence-corrected chi connectivity index (χ3v) is 5.37. The van der Waals surface area contributed by atoms with E-state index < -0.39 is 0 Å². The Morgan fingerprint density at radius 2 is 2.10 bits per heavy atom. The average molecular weight is 390 g/mol. The molecule has 0 saturated carbocycles. The number of benzene rings is 2. The van der Waals surface area contributed by atoms with Crippen LogP contribution < -0.4 is 10.1 Å². The SMILES string of the molecule is COc1cccc(-c2cc(C(=O)NC[C@H]3CCCO3)c3cc(C)cc(C)c3n2)c1. The Bertz CT molecular complexity index is 1060. The number of hydrogen-bond acceptors (Lipinski definition) is 4. The highest BCUT2D eigenvalue weighted by atomic mass is 16.5. The molecule has 1 N–H and O–H groups in total. The second-order valence-corrected chi connectivity index (χ2v) is 7.61. The van der Waals surface area contributed by atoms with E-state index in [0.29, 0.717) is 12.1 Å². The number of hydrogen-bond donors (Lipinski definition) is 1. The second kappa shape index (κ2) is 8.21. The summed E-state index contributed by atoms with van der Waals surface area (Å²) in [5.41, 5.74) is 5.32. The van der Waals surface area contributed by atoms with E-state index in [4.69, 9.17) is 14.5 Å². The van der Waals surface area contributed by atoms with Crippen LogP contribution in [0, 0.1) is 13.8 Å². The Morgan fingerprint density at radius 3 is 2.86 bits per heavy atom. The first-order valence-corrected chi connectivity index (χ1v) is 10.0. The number of pyridine rings is 1. The maximum Gasteiger partial charge on any atom is 0.252 e. The van der Waals surface area contributed by atoms with Crippen LogP contribution in [0.25, 0.3) is 22.2 Å². The highest BCUT2D eigenvalue weighted by Crippen LogP contribution is 2.29. The maximum atomic E-state index is 13.1. The molecule has 29 heavy (non-hydrogen) atoms. The van der Waals surface area contributed by atoms with Crippen LogP contribution in [0.5, 0.6) is 5.75 Å². The Balaban J connectivity index is 1.78. The molecule has 0 bridgehead atoms. The van der Waals surface area contributed by atoms with Gasteiger partial charge in [-0.1, -0.05) is 23.8 Å².